The number of nitrogens with two attached hydrogens (primary N) is 1. The minimum absolute atomic E-state index is 0.0639. The van der Waals surface area contributed by atoms with E-state index in [-0.39, 0.29) is 17.9 Å². The van der Waals surface area contributed by atoms with Gasteiger partial charge in [0.05, 0.1) is 6.61 Å². The van der Waals surface area contributed by atoms with Gasteiger partial charge in [0.25, 0.3) is 5.91 Å². The van der Waals surface area contributed by atoms with Crippen LogP contribution in [-0.4, -0.2) is 28.3 Å². The van der Waals surface area contributed by atoms with Crippen molar-refractivity contribution in [2.24, 2.45) is 12.8 Å². The van der Waals surface area contributed by atoms with Gasteiger partial charge < -0.3 is 10.5 Å². The Hall–Kier alpha value is -1.85. The Morgan fingerprint density at radius 2 is 2.29 bits per heavy atom. The van der Waals surface area contributed by atoms with Crippen molar-refractivity contribution in [2.45, 2.75) is 6.92 Å². The molecule has 0 unspecified atom stereocenters. The SMILES string of the molecule is CCOC(=O)c1cn(C)nc1C(N)=O. The lowest BCUT2D eigenvalue weighted by Crippen LogP contribution is -2.17. The first-order chi connectivity index (χ1) is 6.56. The standard InChI is InChI=1S/C8H11N3O3/c1-3-14-8(13)5-4-11(2)10-6(5)7(9)12/h4H,3H2,1-2H3,(H2,9,12). The number of rotatable bonds is 3. The van der Waals surface area contributed by atoms with Gasteiger partial charge in [-0.25, -0.2) is 4.79 Å². The van der Waals surface area contributed by atoms with Crippen molar-refractivity contribution in [3.63, 3.8) is 0 Å². The lowest BCUT2D eigenvalue weighted by atomic mass is 10.2. The van der Waals surface area contributed by atoms with E-state index in [0.29, 0.717) is 0 Å². The molecule has 0 aliphatic carbocycles. The highest BCUT2D eigenvalue weighted by atomic mass is 16.5. The molecule has 76 valence electrons. The largest absolute Gasteiger partial charge is 0.462 e. The molecule has 1 heterocycles. The van der Waals surface area contributed by atoms with Crippen LogP contribution in [0, 0.1) is 0 Å². The number of hydrogen-bond donors (Lipinski definition) is 1. The fraction of sp³-hybridized carbons (Fsp3) is 0.375. The molecule has 0 atom stereocenters. The predicted octanol–water partition coefficient (Wildman–Crippen LogP) is -0.304. The summed E-state index contributed by atoms with van der Waals surface area (Å²) in [6.45, 7) is 1.92. The van der Waals surface area contributed by atoms with E-state index in [4.69, 9.17) is 10.5 Å². The van der Waals surface area contributed by atoms with Crippen LogP contribution in [0.5, 0.6) is 0 Å². The summed E-state index contributed by atoms with van der Waals surface area (Å²) >= 11 is 0. The van der Waals surface area contributed by atoms with Crippen molar-refractivity contribution < 1.29 is 14.3 Å². The molecule has 0 spiro atoms. The lowest BCUT2D eigenvalue weighted by Gasteiger charge is -1.98. The van der Waals surface area contributed by atoms with Crippen molar-refractivity contribution in [1.82, 2.24) is 9.78 Å². The first-order valence-electron chi connectivity index (χ1n) is 4.06. The topological polar surface area (TPSA) is 87.2 Å². The van der Waals surface area contributed by atoms with Crippen molar-refractivity contribution in [3.8, 4) is 0 Å². The van der Waals surface area contributed by atoms with Crippen LogP contribution in [0.15, 0.2) is 6.20 Å². The molecular weight excluding hydrogens is 186 g/mol. The van der Waals surface area contributed by atoms with Gasteiger partial charge in [0.2, 0.25) is 0 Å². The minimum Gasteiger partial charge on any atom is -0.462 e. The molecule has 1 aromatic rings. The van der Waals surface area contributed by atoms with E-state index < -0.39 is 11.9 Å². The van der Waals surface area contributed by atoms with Gasteiger partial charge in [-0.3, -0.25) is 9.48 Å². The Balaban J connectivity index is 3.06. The van der Waals surface area contributed by atoms with E-state index in [9.17, 15) is 9.59 Å². The summed E-state index contributed by atoms with van der Waals surface area (Å²) in [4.78, 5) is 22.2. The van der Waals surface area contributed by atoms with Gasteiger partial charge in [0, 0.05) is 13.2 Å². The fourth-order valence-electron chi connectivity index (χ4n) is 1.03. The number of aromatic nitrogens is 2. The molecule has 0 bridgehead atoms. The third-order valence-corrected chi connectivity index (χ3v) is 1.56. The van der Waals surface area contributed by atoms with Gasteiger partial charge in [-0.15, -0.1) is 0 Å². The molecule has 0 saturated heterocycles. The van der Waals surface area contributed by atoms with Crippen LogP contribution in [0.25, 0.3) is 0 Å². The third kappa shape index (κ3) is 1.90. The van der Waals surface area contributed by atoms with E-state index in [1.807, 2.05) is 0 Å². The summed E-state index contributed by atoms with van der Waals surface area (Å²) in [5.74, 6) is -1.33. The van der Waals surface area contributed by atoms with Crippen LogP contribution in [0.3, 0.4) is 0 Å². The zero-order valence-electron chi connectivity index (χ0n) is 7.98. The molecule has 6 heteroatoms. The molecular formula is C8H11N3O3. The van der Waals surface area contributed by atoms with E-state index in [1.165, 1.54) is 10.9 Å². The molecule has 1 aromatic heterocycles. The van der Waals surface area contributed by atoms with Crippen LogP contribution >= 0.6 is 0 Å². The zero-order chi connectivity index (χ0) is 10.7. The Kier molecular flexibility index (Phi) is 2.85. The molecule has 0 radical (unpaired) electrons. The number of primary amides is 1. The molecule has 0 saturated carbocycles. The lowest BCUT2D eigenvalue weighted by molar-refractivity contribution is 0.0523. The molecule has 6 nitrogen and oxygen atoms in total. The summed E-state index contributed by atoms with van der Waals surface area (Å²) in [7, 11) is 1.59. The highest BCUT2D eigenvalue weighted by molar-refractivity contribution is 6.03. The Bertz CT molecular complexity index is 370. The minimum atomic E-state index is -0.742. The molecule has 0 aliphatic rings. The van der Waals surface area contributed by atoms with Gasteiger partial charge in [-0.1, -0.05) is 0 Å². The summed E-state index contributed by atoms with van der Waals surface area (Å²) in [5, 5.41) is 3.75. The number of hydrogen-bond acceptors (Lipinski definition) is 4. The maximum atomic E-state index is 11.3. The second-order valence-electron chi connectivity index (χ2n) is 2.65. The van der Waals surface area contributed by atoms with Gasteiger partial charge in [-0.05, 0) is 6.92 Å². The van der Waals surface area contributed by atoms with Gasteiger partial charge >= 0.3 is 5.97 Å². The van der Waals surface area contributed by atoms with E-state index in [2.05, 4.69) is 5.10 Å². The number of aryl methyl sites for hydroxylation is 1. The van der Waals surface area contributed by atoms with Crippen molar-refractivity contribution in [3.05, 3.63) is 17.5 Å². The highest BCUT2D eigenvalue weighted by Gasteiger charge is 2.20. The molecule has 0 aromatic carbocycles. The zero-order valence-corrected chi connectivity index (χ0v) is 7.98. The van der Waals surface area contributed by atoms with Crippen LogP contribution in [0.4, 0.5) is 0 Å². The summed E-state index contributed by atoms with van der Waals surface area (Å²) in [5.41, 5.74) is 5.07. The second kappa shape index (κ2) is 3.91. The average Bonchev–Trinajstić information content (AvgIpc) is 2.48. The monoisotopic (exact) mass is 197 g/mol. The van der Waals surface area contributed by atoms with Crippen LogP contribution in [0.2, 0.25) is 0 Å². The normalized spacial score (nSPS) is 9.86. The fourth-order valence-corrected chi connectivity index (χ4v) is 1.03. The van der Waals surface area contributed by atoms with E-state index in [1.54, 1.807) is 14.0 Å². The average molecular weight is 197 g/mol. The summed E-state index contributed by atoms with van der Waals surface area (Å²) in [6, 6.07) is 0. The quantitative estimate of drug-likeness (QED) is 0.673. The Morgan fingerprint density at radius 1 is 1.64 bits per heavy atom. The number of carbonyl (C=O) groups is 2. The van der Waals surface area contributed by atoms with Crippen molar-refractivity contribution in [2.75, 3.05) is 6.61 Å². The maximum absolute atomic E-state index is 11.3. The number of ether oxygens (including phenoxy) is 1. The smallest absolute Gasteiger partial charge is 0.342 e. The Morgan fingerprint density at radius 3 is 2.79 bits per heavy atom. The molecule has 14 heavy (non-hydrogen) atoms. The van der Waals surface area contributed by atoms with Crippen molar-refractivity contribution >= 4 is 11.9 Å². The van der Waals surface area contributed by atoms with Crippen molar-refractivity contribution in [1.29, 1.82) is 0 Å². The molecule has 0 aliphatic heterocycles. The predicted molar refractivity (Wildman–Crippen MR) is 47.7 cm³/mol. The van der Waals surface area contributed by atoms with Crippen LogP contribution < -0.4 is 5.73 Å². The first-order valence-corrected chi connectivity index (χ1v) is 4.06. The number of nitrogens with zero attached hydrogens (tertiary/aromatic N) is 2. The molecule has 2 N–H and O–H groups in total. The molecule has 0 fully saturated rings. The first kappa shape index (κ1) is 10.2. The van der Waals surface area contributed by atoms with Gasteiger partial charge in [-0.2, -0.15) is 5.10 Å². The third-order valence-electron chi connectivity index (χ3n) is 1.56. The van der Waals surface area contributed by atoms with Crippen LogP contribution in [0.1, 0.15) is 27.8 Å². The second-order valence-corrected chi connectivity index (χ2v) is 2.65. The number of amides is 1. The molecule has 1 amide bonds. The highest BCUT2D eigenvalue weighted by Crippen LogP contribution is 2.07. The van der Waals surface area contributed by atoms with E-state index >= 15 is 0 Å². The molecule has 1 rings (SSSR count). The van der Waals surface area contributed by atoms with Gasteiger partial charge in [0.15, 0.2) is 5.69 Å². The number of carbonyl (C=O) groups excluding carboxylic acids is 2. The van der Waals surface area contributed by atoms with E-state index in [0.717, 1.165) is 0 Å². The Labute approximate surface area is 80.6 Å². The maximum Gasteiger partial charge on any atom is 0.342 e. The van der Waals surface area contributed by atoms with Crippen LogP contribution in [-0.2, 0) is 11.8 Å². The summed E-state index contributed by atoms with van der Waals surface area (Å²) in [6.07, 6.45) is 1.40. The van der Waals surface area contributed by atoms with Gasteiger partial charge in [0.1, 0.15) is 5.56 Å². The number of esters is 1. The summed E-state index contributed by atoms with van der Waals surface area (Å²) < 4.78 is 6.07.